The van der Waals surface area contributed by atoms with Crippen LogP contribution in [0.1, 0.15) is 62.5 Å². The lowest BCUT2D eigenvalue weighted by atomic mass is 9.74. The smallest absolute Gasteiger partial charge is 0.199 e. The molecule has 0 saturated heterocycles. The van der Waals surface area contributed by atoms with E-state index in [1.54, 1.807) is 43.1 Å². The summed E-state index contributed by atoms with van der Waals surface area (Å²) < 4.78 is 19.0. The van der Waals surface area contributed by atoms with Crippen molar-refractivity contribution in [2.24, 2.45) is 25.9 Å². The van der Waals surface area contributed by atoms with E-state index < -0.39 is 0 Å². The monoisotopic (exact) mass is 922 g/mol. The molecule has 1 saturated carbocycles. The first-order valence-electron chi connectivity index (χ1n) is 22.3. The molecule has 340 valence electrons. The number of nitrogens with one attached hydrogen (secondary N) is 2. The second-order valence-electron chi connectivity index (χ2n) is 17.6. The highest BCUT2D eigenvalue weighted by Gasteiger charge is 2.31. The number of ether oxygens (including phenoxy) is 2. The largest absolute Gasteiger partial charge is 0.497 e. The zero-order valence-electron chi connectivity index (χ0n) is 38.7. The Kier molecular flexibility index (Phi) is 11.6. The zero-order chi connectivity index (χ0) is 45.8. The first-order valence-corrected chi connectivity index (χ1v) is 24.0. The Labute approximate surface area is 391 Å². The van der Waals surface area contributed by atoms with E-state index in [2.05, 4.69) is 74.8 Å². The summed E-state index contributed by atoms with van der Waals surface area (Å²) in [6, 6.07) is 12.3. The minimum Gasteiger partial charge on any atom is -0.497 e. The van der Waals surface area contributed by atoms with Crippen LogP contribution in [0.3, 0.4) is 0 Å². The highest BCUT2D eigenvalue weighted by Crippen LogP contribution is 2.43. The normalized spacial score (nSPS) is 15.5. The molecule has 0 aliphatic heterocycles. The Morgan fingerprint density at radius 1 is 0.758 bits per heavy atom. The zero-order valence-corrected chi connectivity index (χ0v) is 40.3. The van der Waals surface area contributed by atoms with Crippen LogP contribution in [0.25, 0.3) is 64.9 Å². The molecular weight excluding hydrogens is 869 g/mol. The SMILES string of the molecule is COC[C@@H]1CC[C@@H]1CNc1nc(-c2nccn2C)nc2sc(-c3ccn(C(C)Cc4cn(C)c(-c5nc(Nc6cccc(OC)c6)c6c(C)c(-c7ccn(C(C)C)n7)sc6n5)n4)n3)c(C)c12. The maximum atomic E-state index is 5.54. The van der Waals surface area contributed by atoms with Crippen LogP contribution in [0.2, 0.25) is 0 Å². The van der Waals surface area contributed by atoms with Gasteiger partial charge in [0.1, 0.15) is 38.4 Å². The van der Waals surface area contributed by atoms with Gasteiger partial charge in [0, 0.05) is 89.6 Å². The molecule has 0 radical (unpaired) electrons. The van der Waals surface area contributed by atoms with Gasteiger partial charge < -0.3 is 29.2 Å². The molecule has 66 heavy (non-hydrogen) atoms. The predicted molar refractivity (Wildman–Crippen MR) is 263 cm³/mol. The van der Waals surface area contributed by atoms with Gasteiger partial charge in [-0.2, -0.15) is 10.2 Å². The average Bonchev–Trinajstić information content (AvgIpc) is 4.17. The van der Waals surface area contributed by atoms with Crippen molar-refractivity contribution in [3.05, 3.63) is 84.2 Å². The van der Waals surface area contributed by atoms with Gasteiger partial charge in [0.25, 0.3) is 0 Å². The number of rotatable bonds is 16. The molecule has 9 aromatic rings. The van der Waals surface area contributed by atoms with Crippen LogP contribution in [0, 0.1) is 25.7 Å². The molecule has 1 aliphatic rings. The summed E-state index contributed by atoms with van der Waals surface area (Å²) in [4.78, 5) is 34.1. The first-order chi connectivity index (χ1) is 32.0. The number of anilines is 3. The number of fused-ring (bicyclic) bond motifs is 2. The third-order valence-corrected chi connectivity index (χ3v) is 15.1. The lowest BCUT2D eigenvalue weighted by molar-refractivity contribution is 0.0658. The van der Waals surface area contributed by atoms with Crippen molar-refractivity contribution in [3.63, 3.8) is 0 Å². The van der Waals surface area contributed by atoms with Crippen LogP contribution in [0.5, 0.6) is 5.75 Å². The number of methoxy groups -OCH3 is 2. The molecule has 3 atom stereocenters. The van der Waals surface area contributed by atoms with Gasteiger partial charge in [0.05, 0.1) is 39.4 Å². The number of imidazole rings is 2. The fourth-order valence-corrected chi connectivity index (χ4v) is 11.1. The maximum absolute atomic E-state index is 5.54. The van der Waals surface area contributed by atoms with Crippen LogP contribution in [-0.2, 0) is 25.3 Å². The molecular formula is C48H54N14O2S2. The minimum absolute atomic E-state index is 0.00702. The molecule has 1 aliphatic carbocycles. The summed E-state index contributed by atoms with van der Waals surface area (Å²) in [6.07, 6.45) is 12.9. The molecule has 18 heteroatoms. The van der Waals surface area contributed by atoms with Crippen molar-refractivity contribution >= 4 is 60.4 Å². The van der Waals surface area contributed by atoms with Gasteiger partial charge in [-0.25, -0.2) is 29.9 Å². The predicted octanol–water partition coefficient (Wildman–Crippen LogP) is 10.1. The lowest BCUT2D eigenvalue weighted by Gasteiger charge is -2.36. The fourth-order valence-electron chi connectivity index (χ4n) is 8.85. The summed E-state index contributed by atoms with van der Waals surface area (Å²) in [5.41, 5.74) is 5.75. The Hall–Kier alpha value is -6.50. The Bertz CT molecular complexity index is 3210. The van der Waals surface area contributed by atoms with Gasteiger partial charge in [0.15, 0.2) is 23.3 Å². The summed E-state index contributed by atoms with van der Waals surface area (Å²) in [6.45, 7) is 12.3. The van der Waals surface area contributed by atoms with Gasteiger partial charge >= 0.3 is 0 Å². The van der Waals surface area contributed by atoms with E-state index in [-0.39, 0.29) is 12.1 Å². The number of hydrogen-bond acceptors (Lipinski definition) is 14. The molecule has 0 bridgehead atoms. The van der Waals surface area contributed by atoms with Crippen molar-refractivity contribution < 1.29 is 9.47 Å². The maximum Gasteiger partial charge on any atom is 0.199 e. The second kappa shape index (κ2) is 17.7. The third kappa shape index (κ3) is 8.10. The van der Waals surface area contributed by atoms with Crippen LogP contribution in [0.4, 0.5) is 17.3 Å². The van der Waals surface area contributed by atoms with Crippen molar-refractivity contribution in [1.82, 2.24) is 58.6 Å². The molecule has 8 heterocycles. The molecule has 2 N–H and O–H groups in total. The van der Waals surface area contributed by atoms with Crippen LogP contribution in [0.15, 0.2) is 67.4 Å². The van der Waals surface area contributed by atoms with Gasteiger partial charge in [-0.05, 0) is 94.7 Å². The molecule has 0 spiro atoms. The van der Waals surface area contributed by atoms with E-state index in [9.17, 15) is 0 Å². The number of aromatic nitrogens is 12. The number of thiophene rings is 2. The summed E-state index contributed by atoms with van der Waals surface area (Å²) in [5, 5.41) is 19.3. The molecule has 1 fully saturated rings. The van der Waals surface area contributed by atoms with E-state index >= 15 is 0 Å². The fraction of sp³-hybridized carbons (Fsp3) is 0.375. The summed E-state index contributed by atoms with van der Waals surface area (Å²) in [7, 11) is 7.41. The van der Waals surface area contributed by atoms with Crippen molar-refractivity contribution in [2.75, 3.05) is 38.0 Å². The van der Waals surface area contributed by atoms with Crippen molar-refractivity contribution in [2.45, 2.75) is 66.0 Å². The molecule has 1 unspecified atom stereocenters. The summed E-state index contributed by atoms with van der Waals surface area (Å²) >= 11 is 3.26. The van der Waals surface area contributed by atoms with Gasteiger partial charge in [-0.3, -0.25) is 9.36 Å². The number of hydrogen-bond donors (Lipinski definition) is 2. The van der Waals surface area contributed by atoms with E-state index in [0.717, 1.165) is 94.6 Å². The highest BCUT2D eigenvalue weighted by molar-refractivity contribution is 7.22. The molecule has 16 nitrogen and oxygen atoms in total. The van der Waals surface area contributed by atoms with Gasteiger partial charge in [0.2, 0.25) is 0 Å². The molecule has 8 aromatic heterocycles. The molecule has 0 amide bonds. The second-order valence-corrected chi connectivity index (χ2v) is 19.6. The van der Waals surface area contributed by atoms with E-state index in [1.165, 1.54) is 12.8 Å². The summed E-state index contributed by atoms with van der Waals surface area (Å²) in [5.74, 6) is 5.91. The van der Waals surface area contributed by atoms with E-state index in [0.29, 0.717) is 41.5 Å². The van der Waals surface area contributed by atoms with Crippen LogP contribution >= 0.6 is 22.7 Å². The quantitative estimate of drug-likeness (QED) is 0.0944. The minimum atomic E-state index is 0.00702. The Morgan fingerprint density at radius 3 is 2.06 bits per heavy atom. The highest BCUT2D eigenvalue weighted by atomic mass is 32.1. The first kappa shape index (κ1) is 43.4. The number of benzene rings is 1. The van der Waals surface area contributed by atoms with Crippen molar-refractivity contribution in [1.29, 1.82) is 0 Å². The lowest BCUT2D eigenvalue weighted by Crippen LogP contribution is -2.34. The number of nitrogens with zero attached hydrogens (tertiary/aromatic N) is 12. The van der Waals surface area contributed by atoms with E-state index in [1.807, 2.05) is 69.3 Å². The average molecular weight is 923 g/mol. The molecule has 1 aromatic carbocycles. The van der Waals surface area contributed by atoms with Crippen LogP contribution < -0.4 is 15.4 Å². The number of aryl methyl sites for hydroxylation is 4. The third-order valence-electron chi connectivity index (χ3n) is 12.7. The topological polar surface area (TPSA) is 165 Å². The van der Waals surface area contributed by atoms with Gasteiger partial charge in [-0.15, -0.1) is 22.7 Å². The van der Waals surface area contributed by atoms with E-state index in [4.69, 9.17) is 44.6 Å². The molecule has 10 rings (SSSR count). The Balaban J connectivity index is 0.938. The standard InChI is InChI=1S/C48H54N14O2S2/c1-26(2)61-18-15-35(57-61)40-29(5)38-42(51-32-11-10-12-34(22-32)64-9)54-44(56-48(38)66-40)46-52-33(24-60(46)7)21-27(3)62-19-16-36(58-62)39-28(4)37-41(50-23-30-13-14-31(30)25-63-8)53-43(55-47(37)65-39)45-49-17-20-59(45)6/h10-12,15-20,22,24,26-27,30-31H,13-14,21,23,25H2,1-9H3,(H,50,53,55)(H,51,54,56)/t27?,30-,31+/m1/s1. The van der Waals surface area contributed by atoms with Crippen LogP contribution in [-0.4, -0.2) is 86.0 Å². The van der Waals surface area contributed by atoms with Crippen molar-refractivity contribution in [3.8, 4) is 50.2 Å². The van der Waals surface area contributed by atoms with Gasteiger partial charge in [-0.1, -0.05) is 6.07 Å². The Morgan fingerprint density at radius 2 is 1.42 bits per heavy atom.